The molecular weight excluding hydrogens is 306 g/mol. The second kappa shape index (κ2) is 9.48. The van der Waals surface area contributed by atoms with Crippen molar-refractivity contribution >= 4 is 15.9 Å². The van der Waals surface area contributed by atoms with Gasteiger partial charge in [-0.25, -0.2) is 0 Å². The van der Waals surface area contributed by atoms with Crippen LogP contribution in [-0.2, 0) is 9.47 Å². The third kappa shape index (κ3) is 6.52. The Bertz CT molecular complexity index is 358. The summed E-state index contributed by atoms with van der Waals surface area (Å²) in [5.74, 6) is 0. The molecule has 0 heterocycles. The van der Waals surface area contributed by atoms with Crippen molar-refractivity contribution in [2.45, 2.75) is 38.8 Å². The van der Waals surface area contributed by atoms with Gasteiger partial charge in [0.05, 0.1) is 19.3 Å². The van der Waals surface area contributed by atoms with E-state index in [1.165, 1.54) is 0 Å². The van der Waals surface area contributed by atoms with E-state index in [2.05, 4.69) is 22.9 Å². The molecule has 3 nitrogen and oxygen atoms in total. The Balaban J connectivity index is 2.41. The largest absolute Gasteiger partial charge is 0.379 e. The molecule has 0 aliphatic heterocycles. The highest BCUT2D eigenvalue weighted by molar-refractivity contribution is 9.10. The van der Waals surface area contributed by atoms with Gasteiger partial charge in [0.1, 0.15) is 0 Å². The summed E-state index contributed by atoms with van der Waals surface area (Å²) in [4.78, 5) is 0. The second-order valence-electron chi connectivity index (χ2n) is 4.67. The van der Waals surface area contributed by atoms with Crippen molar-refractivity contribution in [3.8, 4) is 0 Å². The zero-order chi connectivity index (χ0) is 14.1. The van der Waals surface area contributed by atoms with Gasteiger partial charge in [0.25, 0.3) is 0 Å². The predicted octanol–water partition coefficient (Wildman–Crippen LogP) is 3.67. The molecule has 0 saturated carbocycles. The van der Waals surface area contributed by atoms with E-state index >= 15 is 0 Å². The summed E-state index contributed by atoms with van der Waals surface area (Å²) < 4.78 is 12.4. The van der Waals surface area contributed by atoms with Crippen LogP contribution in [-0.4, -0.2) is 25.9 Å². The Labute approximate surface area is 124 Å². The Morgan fingerprint density at radius 1 is 1.26 bits per heavy atom. The molecule has 0 radical (unpaired) electrons. The van der Waals surface area contributed by atoms with Gasteiger partial charge in [0.2, 0.25) is 0 Å². The lowest BCUT2D eigenvalue weighted by molar-refractivity contribution is -0.00530. The molecular formula is C15H24BrNO2. The lowest BCUT2D eigenvalue weighted by Crippen LogP contribution is -2.28. The maximum absolute atomic E-state index is 6.00. The van der Waals surface area contributed by atoms with Gasteiger partial charge in [-0.05, 0) is 31.0 Å². The van der Waals surface area contributed by atoms with Crippen molar-refractivity contribution in [3.05, 3.63) is 34.3 Å². The molecule has 0 fully saturated rings. The van der Waals surface area contributed by atoms with Crippen LogP contribution in [0.15, 0.2) is 28.7 Å². The van der Waals surface area contributed by atoms with Crippen molar-refractivity contribution < 1.29 is 9.47 Å². The van der Waals surface area contributed by atoms with E-state index in [4.69, 9.17) is 15.2 Å². The first-order chi connectivity index (χ1) is 9.15. The highest BCUT2D eigenvalue weighted by Crippen LogP contribution is 2.23. The molecule has 2 atom stereocenters. The fourth-order valence-electron chi connectivity index (χ4n) is 1.82. The van der Waals surface area contributed by atoms with E-state index in [1.54, 1.807) is 0 Å². The lowest BCUT2D eigenvalue weighted by atomic mass is 10.0. The number of rotatable bonds is 9. The molecule has 0 amide bonds. The molecule has 0 aromatic heterocycles. The molecule has 108 valence electrons. The summed E-state index contributed by atoms with van der Waals surface area (Å²) in [5.41, 5.74) is 7.10. The van der Waals surface area contributed by atoms with Gasteiger partial charge in [-0.15, -0.1) is 0 Å². The second-order valence-corrected chi connectivity index (χ2v) is 5.59. The average molecular weight is 330 g/mol. The van der Waals surface area contributed by atoms with Gasteiger partial charge >= 0.3 is 0 Å². The number of hydrogen-bond acceptors (Lipinski definition) is 3. The van der Waals surface area contributed by atoms with Crippen LogP contribution in [0.1, 0.15) is 38.4 Å². The van der Waals surface area contributed by atoms with E-state index in [9.17, 15) is 0 Å². The quantitative estimate of drug-likeness (QED) is 0.703. The molecule has 1 rings (SSSR count). The molecule has 0 aliphatic carbocycles. The number of ether oxygens (including phenoxy) is 2. The van der Waals surface area contributed by atoms with E-state index < -0.39 is 0 Å². The Morgan fingerprint density at radius 2 is 2.05 bits per heavy atom. The Morgan fingerprint density at radius 3 is 2.68 bits per heavy atom. The van der Waals surface area contributed by atoms with Crippen LogP contribution in [0.4, 0.5) is 0 Å². The molecule has 2 N–H and O–H groups in total. The minimum atomic E-state index is -0.0905. The number of nitrogens with two attached hydrogens (primary N) is 1. The fraction of sp³-hybridized carbons (Fsp3) is 0.600. The number of unbranched alkanes of at least 4 members (excludes halogenated alkanes) is 1. The smallest absolute Gasteiger partial charge is 0.0974 e. The van der Waals surface area contributed by atoms with Crippen molar-refractivity contribution in [3.63, 3.8) is 0 Å². The Kier molecular flexibility index (Phi) is 8.30. The third-order valence-electron chi connectivity index (χ3n) is 2.82. The van der Waals surface area contributed by atoms with Crippen molar-refractivity contribution in [2.24, 2.45) is 5.73 Å². The van der Waals surface area contributed by atoms with Crippen molar-refractivity contribution in [2.75, 3.05) is 19.8 Å². The maximum Gasteiger partial charge on any atom is 0.0974 e. The highest BCUT2D eigenvalue weighted by atomic mass is 79.9. The summed E-state index contributed by atoms with van der Waals surface area (Å²) in [7, 11) is 0. The average Bonchev–Trinajstić information content (AvgIpc) is 2.37. The minimum absolute atomic E-state index is 0.0510. The summed E-state index contributed by atoms with van der Waals surface area (Å²) in [6.07, 6.45) is 2.16. The Hall–Kier alpha value is -0.420. The van der Waals surface area contributed by atoms with E-state index in [-0.39, 0.29) is 12.1 Å². The van der Waals surface area contributed by atoms with Crippen LogP contribution in [0.3, 0.4) is 0 Å². The van der Waals surface area contributed by atoms with Gasteiger partial charge in [0.15, 0.2) is 0 Å². The number of halogens is 1. The lowest BCUT2D eigenvalue weighted by Gasteiger charge is -2.22. The summed E-state index contributed by atoms with van der Waals surface area (Å²) in [6, 6.07) is 8.03. The highest BCUT2D eigenvalue weighted by Gasteiger charge is 2.16. The van der Waals surface area contributed by atoms with Crippen LogP contribution in [0.2, 0.25) is 0 Å². The van der Waals surface area contributed by atoms with Gasteiger partial charge in [-0.2, -0.15) is 0 Å². The monoisotopic (exact) mass is 329 g/mol. The SMILES string of the molecule is CCCCOCCOC(c1cccc(Br)c1)C(C)N. The zero-order valence-corrected chi connectivity index (χ0v) is 13.4. The molecule has 2 unspecified atom stereocenters. The molecule has 0 saturated heterocycles. The molecule has 0 bridgehead atoms. The normalized spacial score (nSPS) is 14.3. The molecule has 1 aromatic rings. The van der Waals surface area contributed by atoms with E-state index in [1.807, 2.05) is 31.2 Å². The maximum atomic E-state index is 6.00. The standard InChI is InChI=1S/C15H24BrNO2/c1-3-4-8-18-9-10-19-15(12(2)17)13-6-5-7-14(16)11-13/h5-7,11-12,15H,3-4,8-10,17H2,1-2H3. The van der Waals surface area contributed by atoms with Crippen LogP contribution < -0.4 is 5.73 Å². The topological polar surface area (TPSA) is 44.5 Å². The van der Waals surface area contributed by atoms with Crippen LogP contribution in [0.5, 0.6) is 0 Å². The van der Waals surface area contributed by atoms with Crippen LogP contribution in [0.25, 0.3) is 0 Å². The van der Waals surface area contributed by atoms with Crippen molar-refractivity contribution in [1.29, 1.82) is 0 Å². The summed E-state index contributed by atoms with van der Waals surface area (Å²) >= 11 is 3.47. The summed E-state index contributed by atoms with van der Waals surface area (Å²) in [6.45, 7) is 6.11. The first-order valence-electron chi connectivity index (χ1n) is 6.85. The van der Waals surface area contributed by atoms with Crippen LogP contribution in [0, 0.1) is 0 Å². The molecule has 0 aliphatic rings. The predicted molar refractivity (Wildman–Crippen MR) is 82.2 cm³/mol. The molecule has 4 heteroatoms. The van der Waals surface area contributed by atoms with E-state index in [0.29, 0.717) is 13.2 Å². The summed E-state index contributed by atoms with van der Waals surface area (Å²) in [5, 5.41) is 0. The molecule has 1 aromatic carbocycles. The van der Waals surface area contributed by atoms with E-state index in [0.717, 1.165) is 29.5 Å². The van der Waals surface area contributed by atoms with Gasteiger partial charge in [-0.3, -0.25) is 0 Å². The van der Waals surface area contributed by atoms with Gasteiger partial charge in [-0.1, -0.05) is 41.4 Å². The van der Waals surface area contributed by atoms with Gasteiger partial charge in [0, 0.05) is 17.1 Å². The first kappa shape index (κ1) is 16.6. The first-order valence-corrected chi connectivity index (χ1v) is 7.64. The fourth-order valence-corrected chi connectivity index (χ4v) is 2.23. The third-order valence-corrected chi connectivity index (χ3v) is 3.32. The van der Waals surface area contributed by atoms with Gasteiger partial charge < -0.3 is 15.2 Å². The molecule has 0 spiro atoms. The number of hydrogen-bond donors (Lipinski definition) is 1. The minimum Gasteiger partial charge on any atom is -0.379 e. The zero-order valence-electron chi connectivity index (χ0n) is 11.8. The van der Waals surface area contributed by atoms with Crippen LogP contribution >= 0.6 is 15.9 Å². The number of benzene rings is 1. The molecule has 19 heavy (non-hydrogen) atoms. The van der Waals surface area contributed by atoms with Crippen molar-refractivity contribution in [1.82, 2.24) is 0 Å².